The number of fused-ring (bicyclic) bond motifs is 2. The van der Waals surface area contributed by atoms with Crippen LogP contribution < -0.4 is 10.9 Å². The van der Waals surface area contributed by atoms with Gasteiger partial charge in [-0.3, -0.25) is 9.59 Å². The maximum Gasteiger partial charge on any atom is 0.260 e. The van der Waals surface area contributed by atoms with E-state index in [0.29, 0.717) is 27.6 Å². The highest BCUT2D eigenvalue weighted by atomic mass is 16.3. The number of amides is 1. The number of hydrogen-bond donors (Lipinski definition) is 1. The number of carbonyl (C=O) groups is 1. The van der Waals surface area contributed by atoms with Gasteiger partial charge in [-0.1, -0.05) is 54.6 Å². The average molecular weight is 421 g/mol. The number of para-hydroxylation sites is 2. The minimum Gasteiger partial charge on any atom is -0.455 e. The third-order valence-corrected chi connectivity index (χ3v) is 5.25. The summed E-state index contributed by atoms with van der Waals surface area (Å²) in [5, 5.41) is 5.18. The van der Waals surface area contributed by atoms with Crippen LogP contribution >= 0.6 is 0 Å². The van der Waals surface area contributed by atoms with E-state index in [1.165, 1.54) is 6.21 Å². The molecule has 3 aromatic carbocycles. The monoisotopic (exact) mass is 421 g/mol. The van der Waals surface area contributed by atoms with Gasteiger partial charge in [0.2, 0.25) is 0 Å². The van der Waals surface area contributed by atoms with E-state index in [2.05, 4.69) is 10.5 Å². The molecule has 6 heteroatoms. The van der Waals surface area contributed by atoms with E-state index in [4.69, 9.17) is 4.42 Å². The first kappa shape index (κ1) is 19.5. The lowest BCUT2D eigenvalue weighted by Crippen LogP contribution is -2.25. The van der Waals surface area contributed by atoms with Gasteiger partial charge in [0.1, 0.15) is 18.1 Å². The Hall–Kier alpha value is -4.45. The molecule has 0 radical (unpaired) electrons. The van der Waals surface area contributed by atoms with E-state index >= 15 is 0 Å². The van der Waals surface area contributed by atoms with Crippen molar-refractivity contribution in [2.75, 3.05) is 0 Å². The van der Waals surface area contributed by atoms with Crippen molar-refractivity contribution in [1.82, 2.24) is 9.99 Å². The summed E-state index contributed by atoms with van der Waals surface area (Å²) in [7, 11) is 0. The van der Waals surface area contributed by atoms with Crippen LogP contribution in [0.4, 0.5) is 0 Å². The van der Waals surface area contributed by atoms with Crippen LogP contribution in [0.5, 0.6) is 0 Å². The highest BCUT2D eigenvalue weighted by molar-refractivity contribution is 5.95. The first-order valence-corrected chi connectivity index (χ1v) is 10.2. The molecule has 0 saturated carbocycles. The molecule has 1 N–H and O–H groups in total. The van der Waals surface area contributed by atoms with Crippen LogP contribution in [0.2, 0.25) is 0 Å². The van der Waals surface area contributed by atoms with E-state index < -0.39 is 0 Å². The van der Waals surface area contributed by atoms with Crippen molar-refractivity contribution in [3.05, 3.63) is 107 Å². The molecule has 32 heavy (non-hydrogen) atoms. The van der Waals surface area contributed by atoms with Crippen LogP contribution in [-0.2, 0) is 11.3 Å². The Kier molecular flexibility index (Phi) is 5.09. The number of hydrazone groups is 1. The molecular formula is C26H19N3O3. The second-order valence-corrected chi connectivity index (χ2v) is 7.31. The Morgan fingerprint density at radius 3 is 2.16 bits per heavy atom. The number of nitrogens with zero attached hydrogens (tertiary/aromatic N) is 2. The molecular weight excluding hydrogens is 402 g/mol. The van der Waals surface area contributed by atoms with Gasteiger partial charge in [-0.25, -0.2) is 5.43 Å². The third-order valence-electron chi connectivity index (χ3n) is 5.25. The Labute approximate surface area is 183 Å². The average Bonchev–Trinajstić information content (AvgIpc) is 3.31. The molecule has 1 amide bonds. The summed E-state index contributed by atoms with van der Waals surface area (Å²) in [6.07, 6.45) is 1.46. The summed E-state index contributed by atoms with van der Waals surface area (Å²) in [4.78, 5) is 25.5. The van der Waals surface area contributed by atoms with Crippen LogP contribution in [0, 0.1) is 0 Å². The van der Waals surface area contributed by atoms with Gasteiger partial charge >= 0.3 is 0 Å². The van der Waals surface area contributed by atoms with Gasteiger partial charge in [0, 0.05) is 16.3 Å². The number of furan rings is 1. The maximum atomic E-state index is 12.8. The van der Waals surface area contributed by atoms with Crippen molar-refractivity contribution >= 4 is 33.9 Å². The van der Waals surface area contributed by atoms with E-state index in [1.807, 2.05) is 77.4 Å². The normalized spacial score (nSPS) is 11.4. The van der Waals surface area contributed by atoms with Crippen LogP contribution in [-0.4, -0.2) is 16.7 Å². The van der Waals surface area contributed by atoms with Crippen LogP contribution in [0.15, 0.2) is 105 Å². The van der Waals surface area contributed by atoms with Gasteiger partial charge in [-0.2, -0.15) is 5.10 Å². The first-order chi connectivity index (χ1) is 15.7. The number of aromatic nitrogens is 1. The summed E-state index contributed by atoms with van der Waals surface area (Å²) in [5.74, 6) is 0.947. The summed E-state index contributed by atoms with van der Waals surface area (Å²) in [6, 6.07) is 28.0. The van der Waals surface area contributed by atoms with Crippen molar-refractivity contribution in [1.29, 1.82) is 0 Å². The van der Waals surface area contributed by atoms with Crippen LogP contribution in [0.1, 0.15) is 5.76 Å². The molecule has 156 valence electrons. The number of carbonyl (C=O) groups excluding carboxylic acids is 1. The van der Waals surface area contributed by atoms with Crippen molar-refractivity contribution in [2.45, 2.75) is 6.54 Å². The SMILES string of the molecule is O=C(Cn1c2ccccc2c(=O)c2ccccc21)N/N=C/c1ccc(-c2ccccc2)o1. The van der Waals surface area contributed by atoms with Gasteiger partial charge in [0.05, 0.1) is 17.2 Å². The van der Waals surface area contributed by atoms with E-state index in [0.717, 1.165) is 11.3 Å². The molecule has 5 rings (SSSR count). The van der Waals surface area contributed by atoms with E-state index in [-0.39, 0.29) is 17.9 Å². The van der Waals surface area contributed by atoms with Gasteiger partial charge in [-0.05, 0) is 36.4 Å². The van der Waals surface area contributed by atoms with Gasteiger partial charge in [0.25, 0.3) is 5.91 Å². The van der Waals surface area contributed by atoms with Gasteiger partial charge in [0.15, 0.2) is 5.43 Å². The predicted octanol–water partition coefficient (Wildman–Crippen LogP) is 4.57. The molecule has 0 unspecified atom stereocenters. The smallest absolute Gasteiger partial charge is 0.260 e. The standard InChI is InChI=1S/C26H19N3O3/c30-25(28-27-16-19-14-15-24(32-19)18-8-2-1-3-9-18)17-29-22-12-6-4-10-20(22)26(31)21-11-5-7-13-23(21)29/h1-16H,17H2,(H,28,30)/b27-16+. The summed E-state index contributed by atoms with van der Waals surface area (Å²) < 4.78 is 7.59. The van der Waals surface area contributed by atoms with Crippen molar-refractivity contribution < 1.29 is 9.21 Å². The molecule has 0 spiro atoms. The Morgan fingerprint density at radius 1 is 0.844 bits per heavy atom. The third kappa shape index (κ3) is 3.70. The van der Waals surface area contributed by atoms with Crippen molar-refractivity contribution in [3.8, 4) is 11.3 Å². The minimum absolute atomic E-state index is 0.0199. The Bertz CT molecular complexity index is 1450. The van der Waals surface area contributed by atoms with E-state index in [1.54, 1.807) is 18.2 Å². The van der Waals surface area contributed by atoms with Crippen molar-refractivity contribution in [3.63, 3.8) is 0 Å². The topological polar surface area (TPSA) is 76.6 Å². The van der Waals surface area contributed by atoms with E-state index in [9.17, 15) is 9.59 Å². The quantitative estimate of drug-likeness (QED) is 0.257. The molecule has 0 fully saturated rings. The summed E-state index contributed by atoms with van der Waals surface area (Å²) >= 11 is 0. The predicted molar refractivity (Wildman–Crippen MR) is 126 cm³/mol. The molecule has 0 aliphatic rings. The molecule has 0 bridgehead atoms. The zero-order chi connectivity index (χ0) is 21.9. The lowest BCUT2D eigenvalue weighted by molar-refractivity contribution is -0.121. The molecule has 2 aromatic heterocycles. The second kappa shape index (κ2) is 8.35. The number of benzene rings is 3. The molecule has 0 aliphatic heterocycles. The minimum atomic E-state index is -0.310. The highest BCUT2D eigenvalue weighted by Gasteiger charge is 2.12. The molecule has 0 aliphatic carbocycles. The maximum absolute atomic E-state index is 12.8. The van der Waals surface area contributed by atoms with Gasteiger partial charge < -0.3 is 8.98 Å². The molecule has 0 atom stereocenters. The van der Waals surface area contributed by atoms with Crippen LogP contribution in [0.25, 0.3) is 33.1 Å². The fourth-order valence-corrected chi connectivity index (χ4v) is 3.77. The molecule has 5 aromatic rings. The number of rotatable bonds is 5. The first-order valence-electron chi connectivity index (χ1n) is 10.2. The Balaban J connectivity index is 1.37. The number of pyridine rings is 1. The van der Waals surface area contributed by atoms with Crippen molar-refractivity contribution in [2.24, 2.45) is 5.10 Å². The lowest BCUT2D eigenvalue weighted by atomic mass is 10.1. The molecule has 2 heterocycles. The fourth-order valence-electron chi connectivity index (χ4n) is 3.77. The van der Waals surface area contributed by atoms with Gasteiger partial charge in [-0.15, -0.1) is 0 Å². The fraction of sp³-hybridized carbons (Fsp3) is 0.0385. The lowest BCUT2D eigenvalue weighted by Gasteiger charge is -2.14. The molecule has 6 nitrogen and oxygen atoms in total. The Morgan fingerprint density at radius 2 is 1.47 bits per heavy atom. The highest BCUT2D eigenvalue weighted by Crippen LogP contribution is 2.21. The zero-order valence-electron chi connectivity index (χ0n) is 17.1. The number of nitrogens with one attached hydrogen (secondary N) is 1. The second-order valence-electron chi connectivity index (χ2n) is 7.31. The zero-order valence-corrected chi connectivity index (χ0v) is 17.1. The number of hydrogen-bond acceptors (Lipinski definition) is 4. The molecule has 0 saturated heterocycles. The summed E-state index contributed by atoms with van der Waals surface area (Å²) in [6.45, 7) is 0.0199. The van der Waals surface area contributed by atoms with Crippen LogP contribution in [0.3, 0.4) is 0 Å². The largest absolute Gasteiger partial charge is 0.455 e. The summed E-state index contributed by atoms with van der Waals surface area (Å²) in [5.41, 5.74) is 4.87.